The van der Waals surface area contributed by atoms with Gasteiger partial charge in [-0.2, -0.15) is 0 Å². The minimum Gasteiger partial charge on any atom is -0.295 e. The topological polar surface area (TPSA) is 34.9 Å². The van der Waals surface area contributed by atoms with E-state index in [1.54, 1.807) is 6.20 Å². The smallest absolute Gasteiger partial charge is 0.173 e. The van der Waals surface area contributed by atoms with Gasteiger partial charge in [0.1, 0.15) is 0 Å². The lowest BCUT2D eigenvalue weighted by atomic mass is 9.97. The van der Waals surface area contributed by atoms with Crippen molar-refractivity contribution in [2.45, 2.75) is 25.9 Å². The lowest BCUT2D eigenvalue weighted by molar-refractivity contribution is 0.102. The van der Waals surface area contributed by atoms with Crippen molar-refractivity contribution in [2.75, 3.05) is 5.75 Å². The quantitative estimate of drug-likeness (QED) is 0.497. The monoisotopic (exact) mass is 336 g/mol. The number of imidazole rings is 1. The van der Waals surface area contributed by atoms with Crippen molar-refractivity contribution in [3.8, 4) is 5.69 Å². The van der Waals surface area contributed by atoms with Crippen molar-refractivity contribution >= 4 is 17.5 Å². The average molecular weight is 336 g/mol. The third kappa shape index (κ3) is 3.44. The summed E-state index contributed by atoms with van der Waals surface area (Å²) in [6, 6.07) is 14.2. The number of para-hydroxylation sites is 1. The molecule has 0 saturated heterocycles. The van der Waals surface area contributed by atoms with E-state index in [9.17, 15) is 4.79 Å². The number of rotatable bonds is 5. The van der Waals surface area contributed by atoms with Crippen LogP contribution >= 0.6 is 11.8 Å². The molecule has 0 fully saturated rings. The number of nitrogens with zero attached hydrogens (tertiary/aromatic N) is 2. The van der Waals surface area contributed by atoms with Gasteiger partial charge in [-0.1, -0.05) is 47.7 Å². The van der Waals surface area contributed by atoms with E-state index in [-0.39, 0.29) is 5.78 Å². The van der Waals surface area contributed by atoms with Crippen LogP contribution < -0.4 is 0 Å². The predicted molar refractivity (Wildman–Crippen MR) is 99.3 cm³/mol. The number of carbonyl (C=O) groups is 1. The molecule has 0 N–H and O–H groups in total. The Kier molecular flexibility index (Phi) is 4.86. The van der Waals surface area contributed by atoms with Gasteiger partial charge in [0.2, 0.25) is 0 Å². The van der Waals surface area contributed by atoms with Crippen molar-refractivity contribution in [3.63, 3.8) is 0 Å². The lowest BCUT2D eigenvalue weighted by Crippen LogP contribution is -2.08. The van der Waals surface area contributed by atoms with Gasteiger partial charge in [-0.3, -0.25) is 9.36 Å². The number of aryl methyl sites for hydroxylation is 3. The molecule has 0 amide bonds. The molecule has 0 atom stereocenters. The molecule has 3 nitrogen and oxygen atoms in total. The summed E-state index contributed by atoms with van der Waals surface area (Å²) in [5.74, 6) is 0.534. The van der Waals surface area contributed by atoms with E-state index >= 15 is 0 Å². The highest BCUT2D eigenvalue weighted by atomic mass is 32.2. The van der Waals surface area contributed by atoms with Gasteiger partial charge in [-0.05, 0) is 44.0 Å². The highest BCUT2D eigenvalue weighted by Crippen LogP contribution is 2.23. The Balaban J connectivity index is 1.78. The molecule has 3 rings (SSSR count). The van der Waals surface area contributed by atoms with Gasteiger partial charge >= 0.3 is 0 Å². The first-order chi connectivity index (χ1) is 11.6. The zero-order valence-corrected chi connectivity index (χ0v) is 14.9. The molecule has 0 bridgehead atoms. The Morgan fingerprint density at radius 1 is 1.08 bits per heavy atom. The van der Waals surface area contributed by atoms with E-state index in [0.717, 1.165) is 27.5 Å². The van der Waals surface area contributed by atoms with E-state index in [0.29, 0.717) is 5.75 Å². The Bertz CT molecular complexity index is 845. The maximum atomic E-state index is 12.7. The van der Waals surface area contributed by atoms with E-state index in [1.807, 2.05) is 54.9 Å². The van der Waals surface area contributed by atoms with E-state index in [4.69, 9.17) is 0 Å². The maximum absolute atomic E-state index is 12.7. The Morgan fingerprint density at radius 3 is 2.42 bits per heavy atom. The molecule has 2 aromatic carbocycles. The van der Waals surface area contributed by atoms with Crippen LogP contribution in [0, 0.1) is 20.8 Å². The molecule has 0 aliphatic rings. The maximum Gasteiger partial charge on any atom is 0.173 e. The molecule has 24 heavy (non-hydrogen) atoms. The van der Waals surface area contributed by atoms with Crippen molar-refractivity contribution in [3.05, 3.63) is 77.1 Å². The molecule has 1 aromatic heterocycles. The van der Waals surface area contributed by atoms with Crippen LogP contribution in [0.5, 0.6) is 0 Å². The van der Waals surface area contributed by atoms with Gasteiger partial charge in [-0.25, -0.2) is 4.98 Å². The number of benzene rings is 2. The van der Waals surface area contributed by atoms with E-state index < -0.39 is 0 Å². The van der Waals surface area contributed by atoms with E-state index in [2.05, 4.69) is 24.0 Å². The summed E-state index contributed by atoms with van der Waals surface area (Å²) in [7, 11) is 0. The van der Waals surface area contributed by atoms with Crippen LogP contribution in [0.1, 0.15) is 27.0 Å². The molecule has 0 aliphatic heterocycles. The largest absolute Gasteiger partial charge is 0.295 e. The second-order valence-electron chi connectivity index (χ2n) is 5.90. The first-order valence-corrected chi connectivity index (χ1v) is 8.87. The molecule has 1 heterocycles. The minimum atomic E-state index is 0.151. The standard InChI is InChI=1S/C20H20N2OS/c1-14-11-15(2)19(16(3)12-14)18(23)13-24-20-21-9-10-22(20)17-7-5-4-6-8-17/h4-12H,13H2,1-3H3. The highest BCUT2D eigenvalue weighted by molar-refractivity contribution is 7.99. The summed E-state index contributed by atoms with van der Waals surface area (Å²) in [6.07, 6.45) is 3.69. The second kappa shape index (κ2) is 7.05. The van der Waals surface area contributed by atoms with Crippen molar-refractivity contribution in [1.29, 1.82) is 0 Å². The third-order valence-electron chi connectivity index (χ3n) is 3.93. The van der Waals surface area contributed by atoms with Crippen molar-refractivity contribution in [2.24, 2.45) is 0 Å². The summed E-state index contributed by atoms with van der Waals surface area (Å²) in [4.78, 5) is 17.1. The number of hydrogen-bond donors (Lipinski definition) is 0. The lowest BCUT2D eigenvalue weighted by Gasteiger charge is -2.11. The van der Waals surface area contributed by atoms with Crippen LogP contribution in [0.15, 0.2) is 60.0 Å². The Hall–Kier alpha value is -2.33. The van der Waals surface area contributed by atoms with Crippen LogP contribution in [0.25, 0.3) is 5.69 Å². The first kappa shape index (κ1) is 16.5. The van der Waals surface area contributed by atoms with Crippen molar-refractivity contribution in [1.82, 2.24) is 9.55 Å². The number of hydrogen-bond acceptors (Lipinski definition) is 3. The first-order valence-electron chi connectivity index (χ1n) is 7.89. The number of carbonyl (C=O) groups excluding carboxylic acids is 1. The van der Waals surface area contributed by atoms with Gasteiger partial charge in [0.25, 0.3) is 0 Å². The summed E-state index contributed by atoms with van der Waals surface area (Å²) in [5.41, 5.74) is 5.17. The highest BCUT2D eigenvalue weighted by Gasteiger charge is 2.15. The number of aromatic nitrogens is 2. The summed E-state index contributed by atoms with van der Waals surface area (Å²) in [5, 5.41) is 0.831. The molecule has 0 radical (unpaired) electrons. The number of Topliss-reactive ketones (excluding diaryl/α,β-unsaturated/α-hetero) is 1. The number of ketones is 1. The van der Waals surface area contributed by atoms with Crippen molar-refractivity contribution < 1.29 is 4.79 Å². The average Bonchev–Trinajstić information content (AvgIpc) is 3.01. The molecule has 122 valence electrons. The normalized spacial score (nSPS) is 10.8. The summed E-state index contributed by atoms with van der Waals surface area (Å²) < 4.78 is 2.01. The fourth-order valence-corrected chi connectivity index (χ4v) is 3.85. The Labute approximate surface area is 146 Å². The van der Waals surface area contributed by atoms with Gasteiger partial charge in [0.15, 0.2) is 10.9 Å². The van der Waals surface area contributed by atoms with Gasteiger partial charge in [0.05, 0.1) is 5.75 Å². The second-order valence-corrected chi connectivity index (χ2v) is 6.84. The van der Waals surface area contributed by atoms with Crippen LogP contribution in [0.2, 0.25) is 0 Å². The molecule has 4 heteroatoms. The predicted octanol–water partition coefficient (Wildman–Crippen LogP) is 4.77. The fraction of sp³-hybridized carbons (Fsp3) is 0.200. The van der Waals surface area contributed by atoms with Crippen LogP contribution in [-0.2, 0) is 0 Å². The Morgan fingerprint density at radius 2 is 1.75 bits per heavy atom. The van der Waals surface area contributed by atoms with Crippen LogP contribution in [0.4, 0.5) is 0 Å². The van der Waals surface area contributed by atoms with Gasteiger partial charge in [-0.15, -0.1) is 0 Å². The van der Waals surface area contributed by atoms with Crippen LogP contribution in [-0.4, -0.2) is 21.1 Å². The number of thioether (sulfide) groups is 1. The molecule has 0 unspecified atom stereocenters. The zero-order chi connectivity index (χ0) is 17.1. The van der Waals surface area contributed by atoms with Gasteiger partial charge in [0, 0.05) is 23.6 Å². The molecule has 3 aromatic rings. The zero-order valence-electron chi connectivity index (χ0n) is 14.1. The van der Waals surface area contributed by atoms with Crippen LogP contribution in [0.3, 0.4) is 0 Å². The summed E-state index contributed by atoms with van der Waals surface area (Å²) >= 11 is 1.48. The fourth-order valence-electron chi connectivity index (χ4n) is 3.00. The van der Waals surface area contributed by atoms with Gasteiger partial charge < -0.3 is 0 Å². The third-order valence-corrected chi connectivity index (χ3v) is 4.90. The molecule has 0 saturated carbocycles. The molecule has 0 spiro atoms. The minimum absolute atomic E-state index is 0.151. The molecule has 0 aliphatic carbocycles. The van der Waals surface area contributed by atoms with E-state index in [1.165, 1.54) is 17.3 Å². The molecular formula is C20H20N2OS. The SMILES string of the molecule is Cc1cc(C)c(C(=O)CSc2nccn2-c2ccccc2)c(C)c1. The molecular weight excluding hydrogens is 316 g/mol. The summed E-state index contributed by atoms with van der Waals surface area (Å²) in [6.45, 7) is 6.06.